The van der Waals surface area contributed by atoms with Gasteiger partial charge >= 0.3 is 5.97 Å². The highest BCUT2D eigenvalue weighted by Crippen LogP contribution is 2.24. The van der Waals surface area contributed by atoms with Crippen LogP contribution in [0.4, 0.5) is 5.82 Å². The van der Waals surface area contributed by atoms with Crippen molar-refractivity contribution in [3.8, 4) is 0 Å². The zero-order valence-electron chi connectivity index (χ0n) is 10.5. The fourth-order valence-corrected chi connectivity index (χ4v) is 2.23. The Morgan fingerprint density at radius 1 is 1.42 bits per heavy atom. The van der Waals surface area contributed by atoms with Crippen LogP contribution in [0.15, 0.2) is 12.1 Å². The normalized spacial score (nSPS) is 18.5. The van der Waals surface area contributed by atoms with Crippen LogP contribution in [0.3, 0.4) is 0 Å². The Bertz CT molecular complexity index is 474. The number of anilines is 1. The summed E-state index contributed by atoms with van der Waals surface area (Å²) in [5, 5.41) is 16.4. The van der Waals surface area contributed by atoms with Gasteiger partial charge in [0.2, 0.25) is 0 Å². The van der Waals surface area contributed by atoms with Crippen LogP contribution in [0.5, 0.6) is 0 Å². The fourth-order valence-electron chi connectivity index (χ4n) is 2.23. The second kappa shape index (κ2) is 5.64. The first kappa shape index (κ1) is 13.3. The van der Waals surface area contributed by atoms with Gasteiger partial charge in [-0.15, -0.1) is 10.2 Å². The van der Waals surface area contributed by atoms with Crippen molar-refractivity contribution in [1.82, 2.24) is 10.2 Å². The maximum absolute atomic E-state index is 10.9. The summed E-state index contributed by atoms with van der Waals surface area (Å²) in [6, 6.07) is 3.27. The molecule has 19 heavy (non-hydrogen) atoms. The van der Waals surface area contributed by atoms with E-state index in [1.54, 1.807) is 12.1 Å². The van der Waals surface area contributed by atoms with E-state index in [4.69, 9.17) is 10.8 Å². The summed E-state index contributed by atoms with van der Waals surface area (Å²) in [5.41, 5.74) is 5.24. The zero-order chi connectivity index (χ0) is 13.8. The standard InChI is InChI=1S/C12H16N4O3/c13-12(19)9-2-3-10(15-14-9)16-6-5-8(7-16)1-4-11(17)18/h2-3,8H,1,4-7H2,(H2,13,19)(H,17,18). The van der Waals surface area contributed by atoms with Gasteiger partial charge in [0.1, 0.15) is 0 Å². The Labute approximate surface area is 110 Å². The van der Waals surface area contributed by atoms with Gasteiger partial charge in [-0.2, -0.15) is 0 Å². The largest absolute Gasteiger partial charge is 0.481 e. The van der Waals surface area contributed by atoms with E-state index in [9.17, 15) is 9.59 Å². The summed E-state index contributed by atoms with van der Waals surface area (Å²) < 4.78 is 0. The van der Waals surface area contributed by atoms with Crippen LogP contribution in [0.25, 0.3) is 0 Å². The highest BCUT2D eigenvalue weighted by molar-refractivity contribution is 5.90. The molecule has 0 aliphatic carbocycles. The number of carboxylic acid groups (broad SMARTS) is 1. The Morgan fingerprint density at radius 3 is 2.79 bits per heavy atom. The van der Waals surface area contributed by atoms with Crippen molar-refractivity contribution < 1.29 is 14.7 Å². The van der Waals surface area contributed by atoms with Gasteiger partial charge in [-0.05, 0) is 30.9 Å². The van der Waals surface area contributed by atoms with Crippen LogP contribution in [0.1, 0.15) is 29.8 Å². The van der Waals surface area contributed by atoms with E-state index in [2.05, 4.69) is 10.2 Å². The van der Waals surface area contributed by atoms with Crippen LogP contribution in [-0.4, -0.2) is 40.3 Å². The number of aromatic nitrogens is 2. The molecule has 1 saturated heterocycles. The molecule has 1 fully saturated rings. The molecule has 1 aromatic heterocycles. The van der Waals surface area contributed by atoms with Gasteiger partial charge in [0.05, 0.1) is 0 Å². The molecule has 0 radical (unpaired) electrons. The number of aliphatic carboxylic acids is 1. The van der Waals surface area contributed by atoms with Gasteiger partial charge < -0.3 is 15.7 Å². The smallest absolute Gasteiger partial charge is 0.303 e. The van der Waals surface area contributed by atoms with Crippen molar-refractivity contribution >= 4 is 17.7 Å². The molecule has 0 spiro atoms. The van der Waals surface area contributed by atoms with Gasteiger partial charge in [-0.25, -0.2) is 0 Å². The summed E-state index contributed by atoms with van der Waals surface area (Å²) in [5.74, 6) is -0.291. The summed E-state index contributed by atoms with van der Waals surface area (Å²) in [6.07, 6.45) is 1.83. The number of nitrogens with two attached hydrogens (primary N) is 1. The van der Waals surface area contributed by atoms with Crippen molar-refractivity contribution in [2.45, 2.75) is 19.3 Å². The molecule has 1 amide bonds. The third-order valence-electron chi connectivity index (χ3n) is 3.28. The average Bonchev–Trinajstić information content (AvgIpc) is 2.85. The number of carbonyl (C=O) groups excluding carboxylic acids is 1. The highest BCUT2D eigenvalue weighted by Gasteiger charge is 2.24. The highest BCUT2D eigenvalue weighted by atomic mass is 16.4. The SMILES string of the molecule is NC(=O)c1ccc(N2CCC(CCC(=O)O)C2)nn1. The van der Waals surface area contributed by atoms with E-state index in [1.807, 2.05) is 4.90 Å². The van der Waals surface area contributed by atoms with E-state index >= 15 is 0 Å². The van der Waals surface area contributed by atoms with Gasteiger partial charge in [-0.3, -0.25) is 9.59 Å². The minimum atomic E-state index is -0.760. The first-order valence-electron chi connectivity index (χ1n) is 6.16. The van der Waals surface area contributed by atoms with E-state index in [1.165, 1.54) is 0 Å². The summed E-state index contributed by atoms with van der Waals surface area (Å²) in [7, 11) is 0. The molecular formula is C12H16N4O3. The second-order valence-corrected chi connectivity index (χ2v) is 4.67. The van der Waals surface area contributed by atoms with Gasteiger partial charge in [0.25, 0.3) is 5.91 Å². The van der Waals surface area contributed by atoms with Crippen molar-refractivity contribution in [3.05, 3.63) is 17.8 Å². The molecule has 0 bridgehead atoms. The molecule has 1 atom stereocenters. The minimum Gasteiger partial charge on any atom is -0.481 e. The van der Waals surface area contributed by atoms with E-state index in [0.29, 0.717) is 18.2 Å². The first-order chi connectivity index (χ1) is 9.06. The molecule has 3 N–H and O–H groups in total. The maximum atomic E-state index is 10.9. The second-order valence-electron chi connectivity index (χ2n) is 4.67. The predicted molar refractivity (Wildman–Crippen MR) is 67.7 cm³/mol. The van der Waals surface area contributed by atoms with Crippen molar-refractivity contribution in [2.75, 3.05) is 18.0 Å². The molecule has 102 valence electrons. The Hall–Kier alpha value is -2.18. The number of carboxylic acids is 1. The summed E-state index contributed by atoms with van der Waals surface area (Å²) >= 11 is 0. The molecule has 2 heterocycles. The van der Waals surface area contributed by atoms with Crippen molar-refractivity contribution in [2.24, 2.45) is 11.7 Å². The molecule has 1 aliphatic heterocycles. The van der Waals surface area contributed by atoms with Crippen molar-refractivity contribution in [3.63, 3.8) is 0 Å². The van der Waals surface area contributed by atoms with E-state index in [-0.39, 0.29) is 12.1 Å². The monoisotopic (exact) mass is 264 g/mol. The number of rotatable bonds is 5. The van der Waals surface area contributed by atoms with E-state index < -0.39 is 11.9 Å². The molecule has 1 unspecified atom stereocenters. The van der Waals surface area contributed by atoms with Crippen LogP contribution in [-0.2, 0) is 4.79 Å². The number of carbonyl (C=O) groups is 2. The summed E-state index contributed by atoms with van der Waals surface area (Å²) in [6.45, 7) is 1.60. The topological polar surface area (TPSA) is 109 Å². The van der Waals surface area contributed by atoms with Crippen LogP contribution in [0, 0.1) is 5.92 Å². The van der Waals surface area contributed by atoms with Gasteiger partial charge in [-0.1, -0.05) is 0 Å². The first-order valence-corrected chi connectivity index (χ1v) is 6.16. The van der Waals surface area contributed by atoms with Crippen LogP contribution in [0.2, 0.25) is 0 Å². The lowest BCUT2D eigenvalue weighted by molar-refractivity contribution is -0.137. The molecule has 2 rings (SSSR count). The number of hydrogen-bond acceptors (Lipinski definition) is 5. The van der Waals surface area contributed by atoms with Gasteiger partial charge in [0.15, 0.2) is 11.5 Å². The van der Waals surface area contributed by atoms with Crippen LogP contribution < -0.4 is 10.6 Å². The lowest BCUT2D eigenvalue weighted by atomic mass is 10.0. The lowest BCUT2D eigenvalue weighted by Crippen LogP contribution is -2.22. The van der Waals surface area contributed by atoms with Crippen molar-refractivity contribution in [1.29, 1.82) is 0 Å². The number of primary amides is 1. The molecule has 1 aromatic rings. The minimum absolute atomic E-state index is 0.144. The number of nitrogens with zero attached hydrogens (tertiary/aromatic N) is 3. The third-order valence-corrected chi connectivity index (χ3v) is 3.28. The Balaban J connectivity index is 1.93. The number of amides is 1. The number of hydrogen-bond donors (Lipinski definition) is 2. The quantitative estimate of drug-likeness (QED) is 0.789. The molecule has 0 aromatic carbocycles. The zero-order valence-corrected chi connectivity index (χ0v) is 10.5. The predicted octanol–water partition coefficient (Wildman–Crippen LogP) is 0.267. The molecule has 7 nitrogen and oxygen atoms in total. The fraction of sp³-hybridized carbons (Fsp3) is 0.500. The molecule has 0 saturated carbocycles. The molecular weight excluding hydrogens is 248 g/mol. The third kappa shape index (κ3) is 3.40. The maximum Gasteiger partial charge on any atom is 0.303 e. The van der Waals surface area contributed by atoms with E-state index in [0.717, 1.165) is 19.5 Å². The lowest BCUT2D eigenvalue weighted by Gasteiger charge is -2.16. The van der Waals surface area contributed by atoms with Crippen LogP contribution >= 0.6 is 0 Å². The Kier molecular flexibility index (Phi) is 3.94. The summed E-state index contributed by atoms with van der Waals surface area (Å²) in [4.78, 5) is 23.5. The Morgan fingerprint density at radius 2 is 2.21 bits per heavy atom. The van der Waals surface area contributed by atoms with Gasteiger partial charge in [0, 0.05) is 19.5 Å². The molecule has 7 heteroatoms. The molecule has 1 aliphatic rings. The average molecular weight is 264 g/mol.